The third-order valence-corrected chi connectivity index (χ3v) is 5.76. The number of amides is 1. The Morgan fingerprint density at radius 2 is 2.07 bits per heavy atom. The van der Waals surface area contributed by atoms with Gasteiger partial charge in [0.1, 0.15) is 5.56 Å². The van der Waals surface area contributed by atoms with Gasteiger partial charge in [-0.05, 0) is 36.8 Å². The predicted octanol–water partition coefficient (Wildman–Crippen LogP) is 0.973. The molecule has 1 unspecified atom stereocenters. The lowest BCUT2D eigenvalue weighted by Gasteiger charge is -2.33. The summed E-state index contributed by atoms with van der Waals surface area (Å²) in [5.41, 5.74) is 0.510. The van der Waals surface area contributed by atoms with E-state index in [-0.39, 0.29) is 22.9 Å². The summed E-state index contributed by atoms with van der Waals surface area (Å²) >= 11 is 0. The summed E-state index contributed by atoms with van der Waals surface area (Å²) in [7, 11) is 3.24. The number of ether oxygens (including phenoxy) is 1. The first kappa shape index (κ1) is 17.5. The van der Waals surface area contributed by atoms with E-state index >= 15 is 0 Å². The van der Waals surface area contributed by atoms with E-state index in [1.807, 2.05) is 0 Å². The van der Waals surface area contributed by atoms with Gasteiger partial charge in [0.05, 0.1) is 7.11 Å². The number of hydrogen-bond acceptors (Lipinski definition) is 6. The summed E-state index contributed by atoms with van der Waals surface area (Å²) in [6.45, 7) is 1.55. The fourth-order valence-electron chi connectivity index (χ4n) is 3.93. The molecule has 8 heteroatoms. The highest BCUT2D eigenvalue weighted by Crippen LogP contribution is 2.54. The summed E-state index contributed by atoms with van der Waals surface area (Å²) in [6.07, 6.45) is 7.75. The fraction of sp³-hybridized carbons (Fsp3) is 0.474. The van der Waals surface area contributed by atoms with Crippen molar-refractivity contribution in [3.63, 3.8) is 0 Å². The van der Waals surface area contributed by atoms with Crippen LogP contribution in [0.2, 0.25) is 0 Å². The van der Waals surface area contributed by atoms with Crippen molar-refractivity contribution in [1.29, 1.82) is 0 Å². The Bertz CT molecular complexity index is 918. The number of nitrogens with one attached hydrogen (secondary N) is 1. The molecule has 1 saturated carbocycles. The number of methoxy groups -OCH3 is 1. The van der Waals surface area contributed by atoms with Gasteiger partial charge in [0, 0.05) is 44.8 Å². The van der Waals surface area contributed by atoms with Crippen molar-refractivity contribution in [2.45, 2.75) is 25.3 Å². The minimum Gasteiger partial charge on any atom is -0.480 e. The van der Waals surface area contributed by atoms with Crippen molar-refractivity contribution in [2.75, 3.05) is 25.1 Å². The lowest BCUT2D eigenvalue weighted by atomic mass is 9.92. The van der Waals surface area contributed by atoms with Crippen LogP contribution in [0.3, 0.4) is 0 Å². The van der Waals surface area contributed by atoms with Gasteiger partial charge >= 0.3 is 0 Å². The van der Waals surface area contributed by atoms with E-state index in [9.17, 15) is 9.59 Å². The highest BCUT2D eigenvalue weighted by atomic mass is 16.5. The van der Waals surface area contributed by atoms with Gasteiger partial charge in [-0.1, -0.05) is 0 Å². The Morgan fingerprint density at radius 1 is 1.30 bits per heavy atom. The number of carbonyl (C=O) groups excluding carboxylic acids is 1. The molecule has 1 atom stereocenters. The highest BCUT2D eigenvalue weighted by molar-refractivity contribution is 5.96. The Morgan fingerprint density at radius 3 is 2.81 bits per heavy atom. The summed E-state index contributed by atoms with van der Waals surface area (Å²) in [5.74, 6) is 0.699. The van der Waals surface area contributed by atoms with Crippen LogP contribution >= 0.6 is 0 Å². The van der Waals surface area contributed by atoms with Crippen LogP contribution in [0.25, 0.3) is 0 Å². The zero-order valence-electron chi connectivity index (χ0n) is 15.5. The van der Waals surface area contributed by atoms with Crippen LogP contribution in [0.1, 0.15) is 29.6 Å². The molecule has 1 aliphatic heterocycles. The van der Waals surface area contributed by atoms with Crippen molar-refractivity contribution in [2.24, 2.45) is 12.5 Å². The monoisotopic (exact) mass is 369 g/mol. The lowest BCUT2D eigenvalue weighted by Crippen LogP contribution is -2.41. The van der Waals surface area contributed by atoms with E-state index < -0.39 is 0 Å². The molecule has 3 heterocycles. The van der Waals surface area contributed by atoms with Gasteiger partial charge in [-0.25, -0.2) is 9.97 Å². The zero-order chi connectivity index (χ0) is 19.0. The van der Waals surface area contributed by atoms with Gasteiger partial charge in [-0.15, -0.1) is 0 Å². The first-order valence-corrected chi connectivity index (χ1v) is 9.10. The van der Waals surface area contributed by atoms with Crippen molar-refractivity contribution in [3.05, 3.63) is 46.6 Å². The molecule has 1 saturated heterocycles. The van der Waals surface area contributed by atoms with E-state index in [1.165, 1.54) is 7.11 Å². The number of hydrogen-bond donors (Lipinski definition) is 1. The molecular weight excluding hydrogens is 346 g/mol. The number of aromatic nitrogens is 3. The predicted molar refractivity (Wildman–Crippen MR) is 100 cm³/mol. The standard InChI is InChI=1S/C19H23N5O3/c1-23-11-8-20-15(18(23)26)24-9-5-19(6-10-24)12-14(19)22-16(25)13-4-3-7-21-17(13)27-2/h3-4,7-8,11,14H,5-6,9-10,12H2,1-2H3,(H,22,25). The Labute approximate surface area is 157 Å². The van der Waals surface area contributed by atoms with Crippen molar-refractivity contribution in [3.8, 4) is 5.88 Å². The molecule has 0 bridgehead atoms. The normalized spacial score (nSPS) is 20.4. The molecule has 27 heavy (non-hydrogen) atoms. The van der Waals surface area contributed by atoms with Crippen LogP contribution < -0.4 is 20.5 Å². The van der Waals surface area contributed by atoms with E-state index in [4.69, 9.17) is 4.74 Å². The SMILES string of the molecule is COc1ncccc1C(=O)NC1CC12CCN(c1nccn(C)c1=O)CC2. The second-order valence-electron chi connectivity index (χ2n) is 7.31. The van der Waals surface area contributed by atoms with Crippen molar-refractivity contribution >= 4 is 11.7 Å². The number of piperidine rings is 1. The van der Waals surface area contributed by atoms with Crippen LogP contribution in [0.4, 0.5) is 5.82 Å². The summed E-state index contributed by atoms with van der Waals surface area (Å²) in [4.78, 5) is 35.2. The smallest absolute Gasteiger partial charge is 0.293 e. The van der Waals surface area contributed by atoms with Crippen LogP contribution in [0.15, 0.2) is 35.5 Å². The van der Waals surface area contributed by atoms with Gasteiger partial charge in [0.15, 0.2) is 5.82 Å². The summed E-state index contributed by atoms with van der Waals surface area (Å²) < 4.78 is 6.72. The minimum absolute atomic E-state index is 0.0715. The van der Waals surface area contributed by atoms with Gasteiger partial charge in [-0.3, -0.25) is 9.59 Å². The summed E-state index contributed by atoms with van der Waals surface area (Å²) in [5, 5.41) is 3.12. The average Bonchev–Trinajstić information content (AvgIpc) is 3.35. The van der Waals surface area contributed by atoms with Gasteiger partial charge in [-0.2, -0.15) is 0 Å². The van der Waals surface area contributed by atoms with Gasteiger partial charge in [0.25, 0.3) is 11.5 Å². The molecule has 1 spiro atoms. The molecule has 1 aliphatic carbocycles. The fourth-order valence-corrected chi connectivity index (χ4v) is 3.93. The number of nitrogens with zero attached hydrogens (tertiary/aromatic N) is 4. The number of anilines is 1. The number of aryl methyl sites for hydroxylation is 1. The van der Waals surface area contributed by atoms with Crippen LogP contribution in [-0.4, -0.2) is 46.7 Å². The number of carbonyl (C=O) groups is 1. The molecule has 4 rings (SSSR count). The molecule has 2 aliphatic rings. The second-order valence-corrected chi connectivity index (χ2v) is 7.31. The maximum absolute atomic E-state index is 12.6. The lowest BCUT2D eigenvalue weighted by molar-refractivity contribution is 0.0939. The van der Waals surface area contributed by atoms with E-state index in [2.05, 4.69) is 20.2 Å². The third kappa shape index (κ3) is 3.15. The Kier molecular flexibility index (Phi) is 4.33. The van der Waals surface area contributed by atoms with Crippen molar-refractivity contribution in [1.82, 2.24) is 19.9 Å². The first-order chi connectivity index (χ1) is 13.0. The number of pyridine rings is 1. The molecule has 2 aromatic heterocycles. The molecule has 142 valence electrons. The van der Waals surface area contributed by atoms with E-state index in [0.717, 1.165) is 32.4 Å². The highest BCUT2D eigenvalue weighted by Gasteiger charge is 2.55. The van der Waals surface area contributed by atoms with Gasteiger partial charge < -0.3 is 19.5 Å². The molecule has 2 aromatic rings. The molecular formula is C19H23N5O3. The minimum atomic E-state index is -0.150. The van der Waals surface area contributed by atoms with Crippen LogP contribution in [0, 0.1) is 5.41 Å². The Hall–Kier alpha value is -2.90. The largest absolute Gasteiger partial charge is 0.480 e. The molecule has 0 aromatic carbocycles. The molecule has 1 amide bonds. The second kappa shape index (κ2) is 6.68. The molecule has 8 nitrogen and oxygen atoms in total. The van der Waals surface area contributed by atoms with E-state index in [0.29, 0.717) is 17.3 Å². The number of rotatable bonds is 4. The molecule has 1 N–H and O–H groups in total. The van der Waals surface area contributed by atoms with Crippen molar-refractivity contribution < 1.29 is 9.53 Å². The quantitative estimate of drug-likeness (QED) is 0.864. The van der Waals surface area contributed by atoms with Gasteiger partial charge in [0.2, 0.25) is 5.88 Å². The topological polar surface area (TPSA) is 89.3 Å². The average molecular weight is 369 g/mol. The third-order valence-electron chi connectivity index (χ3n) is 5.76. The Balaban J connectivity index is 1.39. The first-order valence-electron chi connectivity index (χ1n) is 9.10. The molecule has 0 radical (unpaired) electrons. The van der Waals surface area contributed by atoms with Crippen LogP contribution in [-0.2, 0) is 7.05 Å². The van der Waals surface area contributed by atoms with E-state index in [1.54, 1.807) is 42.3 Å². The maximum atomic E-state index is 12.6. The maximum Gasteiger partial charge on any atom is 0.293 e. The van der Waals surface area contributed by atoms with Crippen LogP contribution in [0.5, 0.6) is 5.88 Å². The summed E-state index contributed by atoms with van der Waals surface area (Å²) in [6, 6.07) is 3.60. The zero-order valence-corrected chi connectivity index (χ0v) is 15.5. The molecule has 2 fully saturated rings.